The molecule has 0 unspecified atom stereocenters. The summed E-state index contributed by atoms with van der Waals surface area (Å²) >= 11 is 5.50. The van der Waals surface area contributed by atoms with Crippen molar-refractivity contribution in [2.75, 3.05) is 12.4 Å². The number of hydrogen-bond donors (Lipinski definition) is 2. The van der Waals surface area contributed by atoms with Crippen LogP contribution in [0.4, 0.5) is 24.5 Å². The summed E-state index contributed by atoms with van der Waals surface area (Å²) in [6, 6.07) is 21.2. The van der Waals surface area contributed by atoms with Crippen molar-refractivity contribution >= 4 is 57.1 Å². The first-order valence-corrected chi connectivity index (χ1v) is 12.5. The predicted molar refractivity (Wildman–Crippen MR) is 154 cm³/mol. The lowest BCUT2D eigenvalue weighted by Gasteiger charge is -2.14. The zero-order chi connectivity index (χ0) is 28.6. The molecule has 0 aliphatic carbocycles. The van der Waals surface area contributed by atoms with Gasteiger partial charge >= 0.3 is 6.36 Å². The first kappa shape index (κ1) is 26.9. The number of alkyl halides is 3. The fourth-order valence-electron chi connectivity index (χ4n) is 4.60. The fraction of sp³-hybridized carbons (Fsp3) is 0.138. The number of nitrogens with zero attached hydrogens (tertiary/aromatic N) is 3. The van der Waals surface area contributed by atoms with Gasteiger partial charge in [-0.3, -0.25) is 4.68 Å². The Kier molecular flexibility index (Phi) is 7.07. The Morgan fingerprint density at radius 3 is 2.45 bits per heavy atom. The number of hydrazine groups is 1. The van der Waals surface area contributed by atoms with E-state index in [1.807, 2.05) is 55.5 Å². The van der Waals surface area contributed by atoms with Crippen molar-refractivity contribution in [3.8, 4) is 22.8 Å². The number of ether oxygens (including phenoxy) is 2. The van der Waals surface area contributed by atoms with E-state index in [0.717, 1.165) is 49.9 Å². The third-order valence-corrected chi connectivity index (χ3v) is 6.60. The zero-order valence-corrected chi connectivity index (χ0v) is 22.7. The third kappa shape index (κ3) is 5.41. The first-order chi connectivity index (χ1) is 19.0. The number of hydrogen-bond acceptors (Lipinski definition) is 4. The predicted octanol–water partition coefficient (Wildman–Crippen LogP) is 6.86. The first-order valence-electron chi connectivity index (χ1n) is 12.1. The lowest BCUT2D eigenvalue weighted by molar-refractivity contribution is -0.477. The molecular formula is C29H25F3N5O2S+. The number of methoxy groups -OCH3 is 1. The number of nitrogens with one attached hydrogen (secondary N) is 2. The van der Waals surface area contributed by atoms with Crippen molar-refractivity contribution in [2.24, 2.45) is 7.05 Å². The molecule has 0 radical (unpaired) electrons. The molecule has 0 aliphatic heterocycles. The number of thiocarbonyl (C=S) groups is 1. The summed E-state index contributed by atoms with van der Waals surface area (Å²) in [5.41, 5.74) is 7.85. The van der Waals surface area contributed by atoms with Gasteiger partial charge in [0.05, 0.1) is 18.5 Å². The molecule has 1 heterocycles. The van der Waals surface area contributed by atoms with Gasteiger partial charge in [-0.1, -0.05) is 22.9 Å². The van der Waals surface area contributed by atoms with Crippen molar-refractivity contribution in [2.45, 2.75) is 13.3 Å². The molecule has 7 nitrogen and oxygen atoms in total. The number of fused-ring (bicyclic) bond motifs is 3. The third-order valence-electron chi connectivity index (χ3n) is 6.41. The van der Waals surface area contributed by atoms with Gasteiger partial charge in [-0.25, -0.2) is 0 Å². The minimum absolute atomic E-state index is 0.278. The van der Waals surface area contributed by atoms with Gasteiger partial charge in [0.1, 0.15) is 17.0 Å². The molecule has 0 spiro atoms. The van der Waals surface area contributed by atoms with Crippen LogP contribution >= 0.6 is 12.2 Å². The summed E-state index contributed by atoms with van der Waals surface area (Å²) in [5.74, 6) is 0.398. The van der Waals surface area contributed by atoms with E-state index in [1.165, 1.54) is 12.1 Å². The summed E-state index contributed by atoms with van der Waals surface area (Å²) in [6.07, 6.45) is -4.74. The minimum atomic E-state index is -4.74. The SMILES string of the molecule is C=[N+](NC(=S)Nc1c(C)cccc1OC)c1ccc2c(ccc3c(-c4ccc(OC(F)(F)F)cc4)n(C)nc32)c1. The number of benzene rings is 4. The van der Waals surface area contributed by atoms with Crippen LogP contribution < -0.4 is 20.2 Å². The normalized spacial score (nSPS) is 11.4. The zero-order valence-electron chi connectivity index (χ0n) is 21.8. The van der Waals surface area contributed by atoms with Crippen LogP contribution in [0, 0.1) is 6.92 Å². The molecule has 1 aromatic heterocycles. The molecule has 40 heavy (non-hydrogen) atoms. The van der Waals surface area contributed by atoms with Crippen LogP contribution in [-0.4, -0.2) is 39.8 Å². The standard InChI is InChI=1S/C29H24F3N5O2S/c1-17-6-5-7-24(38-4)25(17)33-28(40)35-36(2)20-11-15-22-19(16-20)10-14-23-26(22)34-37(3)27(23)18-8-12-21(13-9-18)39-29(30,31)32/h5-16H,2H2,1,3-4H3,(H-,33,35,40)/p+1. The van der Waals surface area contributed by atoms with Gasteiger partial charge in [-0.2, -0.15) is 5.10 Å². The lowest BCUT2D eigenvalue weighted by Crippen LogP contribution is -2.34. The van der Waals surface area contributed by atoms with Gasteiger partial charge in [0, 0.05) is 35.5 Å². The highest BCUT2D eigenvalue weighted by molar-refractivity contribution is 7.80. The minimum Gasteiger partial charge on any atom is -0.495 e. The topological polar surface area (TPSA) is 63.4 Å². The maximum Gasteiger partial charge on any atom is 0.573 e. The van der Waals surface area contributed by atoms with E-state index in [4.69, 9.17) is 22.1 Å². The van der Waals surface area contributed by atoms with Crippen LogP contribution in [0.25, 0.3) is 32.9 Å². The van der Waals surface area contributed by atoms with Gasteiger partial charge in [0.15, 0.2) is 6.72 Å². The lowest BCUT2D eigenvalue weighted by atomic mass is 10.0. The largest absolute Gasteiger partial charge is 0.573 e. The van der Waals surface area contributed by atoms with Crippen molar-refractivity contribution in [3.63, 3.8) is 0 Å². The number of halogens is 3. The van der Waals surface area contributed by atoms with Gasteiger partial charge in [0.25, 0.3) is 0 Å². The van der Waals surface area contributed by atoms with Gasteiger partial charge < -0.3 is 14.8 Å². The Labute approximate surface area is 233 Å². The summed E-state index contributed by atoms with van der Waals surface area (Å²) in [4.78, 5) is 0. The van der Waals surface area contributed by atoms with E-state index in [-0.39, 0.29) is 5.75 Å². The van der Waals surface area contributed by atoms with Gasteiger partial charge in [-0.15, -0.1) is 18.6 Å². The Balaban J connectivity index is 1.40. The molecule has 5 aromatic rings. The van der Waals surface area contributed by atoms with Crippen molar-refractivity contribution < 1.29 is 27.3 Å². The highest BCUT2D eigenvalue weighted by Gasteiger charge is 2.31. The molecule has 0 saturated carbocycles. The van der Waals surface area contributed by atoms with Crippen LogP contribution in [0.1, 0.15) is 5.56 Å². The average Bonchev–Trinajstić information content (AvgIpc) is 3.25. The molecule has 11 heteroatoms. The van der Waals surface area contributed by atoms with Crippen LogP contribution in [0.5, 0.6) is 11.5 Å². The van der Waals surface area contributed by atoms with E-state index in [1.54, 1.807) is 35.7 Å². The number of para-hydroxylation sites is 1. The van der Waals surface area contributed by atoms with Crippen LogP contribution in [0.3, 0.4) is 0 Å². The summed E-state index contributed by atoms with van der Waals surface area (Å²) in [5, 5.41) is 10.9. The highest BCUT2D eigenvalue weighted by Crippen LogP contribution is 2.35. The van der Waals surface area contributed by atoms with Crippen LogP contribution in [0.2, 0.25) is 0 Å². The fourth-order valence-corrected chi connectivity index (χ4v) is 4.81. The smallest absolute Gasteiger partial charge is 0.495 e. The molecule has 0 saturated heterocycles. The van der Waals surface area contributed by atoms with Crippen LogP contribution in [0.15, 0.2) is 72.8 Å². The molecule has 2 N–H and O–H groups in total. The molecule has 0 fully saturated rings. The quantitative estimate of drug-likeness (QED) is 0.102. The molecule has 5 rings (SSSR count). The van der Waals surface area contributed by atoms with E-state index in [2.05, 4.69) is 22.2 Å². The van der Waals surface area contributed by atoms with Gasteiger partial charge in [-0.05, 0) is 72.6 Å². The molecule has 204 valence electrons. The second kappa shape index (κ2) is 10.5. The Hall–Kier alpha value is -4.64. The molecule has 0 atom stereocenters. The van der Waals surface area contributed by atoms with Crippen LogP contribution in [-0.2, 0) is 7.05 Å². The van der Waals surface area contributed by atoms with Crippen molar-refractivity contribution in [1.82, 2.24) is 15.2 Å². The molecule has 0 bridgehead atoms. The average molecular weight is 565 g/mol. The second-order valence-electron chi connectivity index (χ2n) is 9.06. The maximum absolute atomic E-state index is 12.5. The van der Waals surface area contributed by atoms with E-state index >= 15 is 0 Å². The number of aromatic nitrogens is 2. The van der Waals surface area contributed by atoms with Gasteiger partial charge in [0.2, 0.25) is 10.8 Å². The highest BCUT2D eigenvalue weighted by atomic mass is 32.1. The second-order valence-corrected chi connectivity index (χ2v) is 9.47. The monoisotopic (exact) mass is 564 g/mol. The van der Waals surface area contributed by atoms with E-state index < -0.39 is 6.36 Å². The van der Waals surface area contributed by atoms with E-state index in [9.17, 15) is 13.2 Å². The molecular weight excluding hydrogens is 539 g/mol. The number of hydrazone groups is 1. The summed E-state index contributed by atoms with van der Waals surface area (Å²) < 4.78 is 50.3. The Morgan fingerprint density at radius 2 is 1.75 bits per heavy atom. The Morgan fingerprint density at radius 1 is 1.02 bits per heavy atom. The van der Waals surface area contributed by atoms with Crippen molar-refractivity contribution in [1.29, 1.82) is 0 Å². The van der Waals surface area contributed by atoms with Crippen molar-refractivity contribution in [3.05, 3.63) is 78.4 Å². The summed E-state index contributed by atoms with van der Waals surface area (Å²) in [7, 11) is 3.40. The van der Waals surface area contributed by atoms with E-state index in [0.29, 0.717) is 10.9 Å². The molecule has 0 aliphatic rings. The number of rotatable bonds is 6. The number of aryl methyl sites for hydroxylation is 2. The molecule has 4 aromatic carbocycles. The number of anilines is 1. The molecule has 0 amide bonds. The summed E-state index contributed by atoms with van der Waals surface area (Å²) in [6.45, 7) is 6.03. The maximum atomic E-state index is 12.5. The Bertz CT molecular complexity index is 1760.